The summed E-state index contributed by atoms with van der Waals surface area (Å²) in [5.74, 6) is -2.96. The predicted molar refractivity (Wildman–Crippen MR) is 48.8 cm³/mol. The van der Waals surface area contributed by atoms with Crippen LogP contribution in [0.1, 0.15) is 0 Å². The summed E-state index contributed by atoms with van der Waals surface area (Å²) in [5, 5.41) is 0. The Morgan fingerprint density at radius 3 is 2.13 bits per heavy atom. The highest BCUT2D eigenvalue weighted by Gasteiger charge is 2.32. The van der Waals surface area contributed by atoms with Gasteiger partial charge in [0.2, 0.25) is 13.9 Å². The molecule has 0 aromatic rings. The van der Waals surface area contributed by atoms with Crippen LogP contribution < -0.4 is 0 Å². The van der Waals surface area contributed by atoms with Crippen molar-refractivity contribution in [1.29, 1.82) is 0 Å². The average Bonchev–Trinajstić information content (AvgIpc) is 2.23. The maximum Gasteiger partial charge on any atom is 0.400 e. The van der Waals surface area contributed by atoms with Gasteiger partial charge in [0.05, 0.1) is 14.2 Å². The largest absolute Gasteiger partial charge is 0.467 e. The molecular weight excluding hydrogens is 251 g/mol. The molecule has 0 aromatic heterocycles. The molecule has 0 aromatic carbocycles. The molecule has 0 saturated carbocycles. The summed E-state index contributed by atoms with van der Waals surface area (Å²) < 4.78 is 49.4. The van der Waals surface area contributed by atoms with Crippen LogP contribution in [0, 0.1) is 0 Å². The Morgan fingerprint density at radius 2 is 1.80 bits per heavy atom. The van der Waals surface area contributed by atoms with E-state index >= 15 is 0 Å². The molecule has 0 aliphatic rings. The molecule has 10 heteroatoms. The molecule has 15 heavy (non-hydrogen) atoms. The van der Waals surface area contributed by atoms with Gasteiger partial charge in [-0.05, 0) is 0 Å². The molecule has 0 amide bonds. The van der Waals surface area contributed by atoms with Crippen molar-refractivity contribution in [3.8, 4) is 0 Å². The van der Waals surface area contributed by atoms with Crippen molar-refractivity contribution in [2.75, 3.05) is 21.3 Å². The minimum absolute atomic E-state index is 0.827. The highest BCUT2D eigenvalue weighted by atomic mass is 32.3. The first-order valence-corrected chi connectivity index (χ1v) is 6.25. The summed E-state index contributed by atoms with van der Waals surface area (Å²) in [6.45, 7) is 0. The van der Waals surface area contributed by atoms with E-state index in [2.05, 4.69) is 17.6 Å². The molecule has 0 rings (SSSR count). The Hall–Kier alpha value is -0.470. The van der Waals surface area contributed by atoms with E-state index in [0.717, 1.165) is 21.3 Å². The lowest BCUT2D eigenvalue weighted by molar-refractivity contribution is -0.145. The average molecular weight is 262 g/mol. The highest BCUT2D eigenvalue weighted by molar-refractivity contribution is 7.82. The van der Waals surface area contributed by atoms with Gasteiger partial charge < -0.3 is 9.26 Å². The molecule has 0 fully saturated rings. The number of carbonyl (C=O) groups is 1. The first-order valence-electron chi connectivity index (χ1n) is 3.52. The summed E-state index contributed by atoms with van der Waals surface area (Å²) in [4.78, 5) is 11.0. The van der Waals surface area contributed by atoms with Crippen molar-refractivity contribution in [2.24, 2.45) is 0 Å². The maximum atomic E-state index is 11.1. The van der Waals surface area contributed by atoms with E-state index in [1.807, 2.05) is 0 Å². The van der Waals surface area contributed by atoms with Crippen LogP contribution >= 0.6 is 8.03 Å². The third-order valence-electron chi connectivity index (χ3n) is 1.25. The van der Waals surface area contributed by atoms with Crippen molar-refractivity contribution in [1.82, 2.24) is 0 Å². The summed E-state index contributed by atoms with van der Waals surface area (Å²) in [5.41, 5.74) is 0. The standard InChI is InChI=1S/C5H11O8PS/c1-10-4(6)5(14(7)11-2)13-15(8,9)12-3/h5,14H,1-3H3. The van der Waals surface area contributed by atoms with Gasteiger partial charge in [-0.25, -0.2) is 8.98 Å². The summed E-state index contributed by atoms with van der Waals surface area (Å²) in [6, 6.07) is 0. The molecule has 0 bridgehead atoms. The zero-order valence-electron chi connectivity index (χ0n) is 8.25. The lowest BCUT2D eigenvalue weighted by Gasteiger charge is -2.12. The van der Waals surface area contributed by atoms with Crippen LogP contribution in [-0.4, -0.2) is 41.6 Å². The van der Waals surface area contributed by atoms with Gasteiger partial charge in [0.25, 0.3) is 0 Å². The minimum atomic E-state index is -4.38. The van der Waals surface area contributed by atoms with E-state index < -0.39 is 30.2 Å². The molecule has 0 saturated heterocycles. The third kappa shape index (κ3) is 4.72. The molecule has 0 aliphatic carbocycles. The summed E-state index contributed by atoms with van der Waals surface area (Å²) in [7, 11) is -4.55. The van der Waals surface area contributed by atoms with E-state index in [1.165, 1.54) is 0 Å². The van der Waals surface area contributed by atoms with Crippen LogP contribution in [0.2, 0.25) is 0 Å². The van der Waals surface area contributed by atoms with Crippen LogP contribution in [-0.2, 0) is 37.4 Å². The normalized spacial score (nSPS) is 15.7. The Kier molecular flexibility index (Phi) is 5.99. The van der Waals surface area contributed by atoms with Gasteiger partial charge in [-0.15, -0.1) is 0 Å². The minimum Gasteiger partial charge on any atom is -0.467 e. The maximum absolute atomic E-state index is 11.1. The van der Waals surface area contributed by atoms with Crippen molar-refractivity contribution >= 4 is 24.4 Å². The van der Waals surface area contributed by atoms with Gasteiger partial charge in [-0.2, -0.15) is 8.42 Å². The van der Waals surface area contributed by atoms with Crippen LogP contribution in [0.4, 0.5) is 0 Å². The molecule has 0 N–H and O–H groups in total. The molecule has 2 atom stereocenters. The lowest BCUT2D eigenvalue weighted by Crippen LogP contribution is -2.26. The third-order valence-corrected chi connectivity index (χ3v) is 3.44. The zero-order valence-corrected chi connectivity index (χ0v) is 10.1. The van der Waals surface area contributed by atoms with Crippen LogP contribution in [0.25, 0.3) is 0 Å². The molecule has 8 nitrogen and oxygen atoms in total. The smallest absolute Gasteiger partial charge is 0.400 e. The number of hydrogen-bond donors (Lipinski definition) is 0. The van der Waals surface area contributed by atoms with Crippen LogP contribution in [0.5, 0.6) is 0 Å². The molecule has 90 valence electrons. The van der Waals surface area contributed by atoms with Gasteiger partial charge >= 0.3 is 16.4 Å². The van der Waals surface area contributed by atoms with Crippen LogP contribution in [0.15, 0.2) is 0 Å². The van der Waals surface area contributed by atoms with Crippen molar-refractivity contribution in [3.05, 3.63) is 0 Å². The van der Waals surface area contributed by atoms with Crippen molar-refractivity contribution in [3.63, 3.8) is 0 Å². The fourth-order valence-electron chi connectivity index (χ4n) is 0.546. The van der Waals surface area contributed by atoms with Gasteiger partial charge in [0, 0.05) is 7.11 Å². The lowest BCUT2D eigenvalue weighted by atomic mass is 10.7. The first-order chi connectivity index (χ1) is 6.87. The molecule has 2 unspecified atom stereocenters. The number of esters is 1. The number of hydrogen-bond acceptors (Lipinski definition) is 8. The first kappa shape index (κ1) is 14.5. The van der Waals surface area contributed by atoms with E-state index in [9.17, 15) is 17.8 Å². The van der Waals surface area contributed by atoms with Gasteiger partial charge in [0.15, 0.2) is 0 Å². The second kappa shape index (κ2) is 6.19. The zero-order chi connectivity index (χ0) is 12.1. The molecule has 0 spiro atoms. The molecular formula is C5H11O8PS. The van der Waals surface area contributed by atoms with Crippen LogP contribution in [0.3, 0.4) is 0 Å². The number of carbonyl (C=O) groups excluding carboxylic acids is 1. The Balaban J connectivity index is 4.82. The monoisotopic (exact) mass is 262 g/mol. The topological polar surface area (TPSA) is 105 Å². The van der Waals surface area contributed by atoms with E-state index in [1.54, 1.807) is 0 Å². The van der Waals surface area contributed by atoms with E-state index in [0.29, 0.717) is 0 Å². The van der Waals surface area contributed by atoms with Gasteiger partial charge in [-0.3, -0.25) is 8.75 Å². The van der Waals surface area contributed by atoms with E-state index in [-0.39, 0.29) is 0 Å². The second-order valence-electron chi connectivity index (χ2n) is 2.10. The van der Waals surface area contributed by atoms with Gasteiger partial charge in [-0.1, -0.05) is 0 Å². The number of rotatable bonds is 6. The van der Waals surface area contributed by atoms with Crippen molar-refractivity contribution in [2.45, 2.75) is 5.85 Å². The predicted octanol–water partition coefficient (Wildman–Crippen LogP) is -0.486. The fraction of sp³-hybridized carbons (Fsp3) is 0.800. The van der Waals surface area contributed by atoms with Crippen molar-refractivity contribution < 1.29 is 35.4 Å². The molecule has 0 heterocycles. The molecule has 0 radical (unpaired) electrons. The Labute approximate surface area is 87.6 Å². The number of ether oxygens (including phenoxy) is 1. The Morgan fingerprint density at radius 1 is 1.27 bits per heavy atom. The second-order valence-corrected chi connectivity index (χ2v) is 5.01. The number of methoxy groups -OCH3 is 1. The SMILES string of the molecule is COC(=O)C(OS(=O)(=O)OC)[PH](=O)OC. The quantitative estimate of drug-likeness (QED) is 0.466. The molecule has 0 aliphatic heterocycles. The summed E-state index contributed by atoms with van der Waals surface area (Å²) in [6.07, 6.45) is 0. The summed E-state index contributed by atoms with van der Waals surface area (Å²) >= 11 is 0. The van der Waals surface area contributed by atoms with E-state index in [4.69, 9.17) is 0 Å². The highest BCUT2D eigenvalue weighted by Crippen LogP contribution is 2.31. The Bertz CT molecular complexity index is 319. The van der Waals surface area contributed by atoms with Gasteiger partial charge in [0.1, 0.15) is 0 Å². The fourth-order valence-corrected chi connectivity index (χ4v) is 2.13.